The minimum Gasteiger partial charge on any atom is -0.350 e. The Morgan fingerprint density at radius 2 is 1.86 bits per heavy atom. The SMILES string of the molecule is Cc1cccc(N2C[C@@H](C(=O)Nc3ccccc3C(=O)NC(C)C)CC2=O)c1. The van der Waals surface area contributed by atoms with Crippen LogP contribution in [0, 0.1) is 12.8 Å². The second-order valence-corrected chi connectivity index (χ2v) is 7.41. The van der Waals surface area contributed by atoms with Crippen molar-refractivity contribution in [2.45, 2.75) is 33.2 Å². The Bertz CT molecular complexity index is 907. The standard InChI is InChI=1S/C22H25N3O3/c1-14(2)23-22(28)18-9-4-5-10-19(18)24-21(27)16-12-20(26)25(13-16)17-8-6-7-15(3)11-17/h4-11,14,16H,12-13H2,1-3H3,(H,23,28)(H,24,27)/t16-/m0/s1. The summed E-state index contributed by atoms with van der Waals surface area (Å²) in [6, 6.07) is 14.5. The monoisotopic (exact) mass is 379 g/mol. The van der Waals surface area contributed by atoms with Gasteiger partial charge in [0.05, 0.1) is 17.2 Å². The molecule has 6 nitrogen and oxygen atoms in total. The predicted octanol–water partition coefficient (Wildman–Crippen LogP) is 3.12. The Morgan fingerprint density at radius 1 is 1.11 bits per heavy atom. The first-order valence-corrected chi connectivity index (χ1v) is 9.43. The van der Waals surface area contributed by atoms with Crippen molar-refractivity contribution in [2.75, 3.05) is 16.8 Å². The van der Waals surface area contributed by atoms with Crippen molar-refractivity contribution in [3.8, 4) is 0 Å². The number of hydrogen-bond donors (Lipinski definition) is 2. The molecule has 1 aliphatic heterocycles. The van der Waals surface area contributed by atoms with E-state index < -0.39 is 5.92 Å². The number of hydrogen-bond acceptors (Lipinski definition) is 3. The summed E-state index contributed by atoms with van der Waals surface area (Å²) in [5, 5.41) is 5.66. The molecule has 2 aromatic carbocycles. The molecule has 0 saturated carbocycles. The molecule has 0 spiro atoms. The van der Waals surface area contributed by atoms with Gasteiger partial charge in [0.1, 0.15) is 0 Å². The topological polar surface area (TPSA) is 78.5 Å². The number of nitrogens with one attached hydrogen (secondary N) is 2. The summed E-state index contributed by atoms with van der Waals surface area (Å²) >= 11 is 0. The van der Waals surface area contributed by atoms with Crippen molar-refractivity contribution in [2.24, 2.45) is 5.92 Å². The maximum absolute atomic E-state index is 12.8. The quantitative estimate of drug-likeness (QED) is 0.838. The smallest absolute Gasteiger partial charge is 0.253 e. The van der Waals surface area contributed by atoms with Gasteiger partial charge < -0.3 is 15.5 Å². The van der Waals surface area contributed by atoms with Gasteiger partial charge in [-0.2, -0.15) is 0 Å². The third kappa shape index (κ3) is 4.39. The van der Waals surface area contributed by atoms with Crippen molar-refractivity contribution in [1.82, 2.24) is 5.32 Å². The molecule has 0 bridgehead atoms. The Kier molecular flexibility index (Phi) is 5.78. The van der Waals surface area contributed by atoms with Gasteiger partial charge in [0.15, 0.2) is 0 Å². The van der Waals surface area contributed by atoms with E-state index in [1.54, 1.807) is 29.2 Å². The van der Waals surface area contributed by atoms with Crippen molar-refractivity contribution in [3.63, 3.8) is 0 Å². The van der Waals surface area contributed by atoms with E-state index in [0.29, 0.717) is 17.8 Å². The lowest BCUT2D eigenvalue weighted by molar-refractivity contribution is -0.122. The van der Waals surface area contributed by atoms with Crippen LogP contribution in [-0.2, 0) is 9.59 Å². The zero-order valence-corrected chi connectivity index (χ0v) is 16.4. The molecular weight excluding hydrogens is 354 g/mol. The number of anilines is 2. The molecule has 3 rings (SSSR count). The van der Waals surface area contributed by atoms with Crippen LogP contribution in [-0.4, -0.2) is 30.3 Å². The van der Waals surface area contributed by atoms with Gasteiger partial charge in [-0.05, 0) is 50.6 Å². The van der Waals surface area contributed by atoms with E-state index in [-0.39, 0.29) is 30.2 Å². The Labute approximate surface area is 164 Å². The lowest BCUT2D eigenvalue weighted by atomic mass is 10.1. The number of rotatable bonds is 5. The van der Waals surface area contributed by atoms with Crippen LogP contribution in [0.25, 0.3) is 0 Å². The second-order valence-electron chi connectivity index (χ2n) is 7.41. The number of nitrogens with zero attached hydrogens (tertiary/aromatic N) is 1. The van der Waals surface area contributed by atoms with E-state index in [2.05, 4.69) is 10.6 Å². The Hall–Kier alpha value is -3.15. The zero-order chi connectivity index (χ0) is 20.3. The molecule has 0 aliphatic carbocycles. The summed E-state index contributed by atoms with van der Waals surface area (Å²) in [7, 11) is 0. The van der Waals surface area contributed by atoms with E-state index >= 15 is 0 Å². The third-order valence-electron chi connectivity index (χ3n) is 4.66. The number of aryl methyl sites for hydroxylation is 1. The molecule has 1 fully saturated rings. The van der Waals surface area contributed by atoms with Gasteiger partial charge in [0.2, 0.25) is 11.8 Å². The number of amides is 3. The Morgan fingerprint density at radius 3 is 2.57 bits per heavy atom. The minimum absolute atomic E-state index is 0.00778. The highest BCUT2D eigenvalue weighted by Gasteiger charge is 2.35. The van der Waals surface area contributed by atoms with E-state index in [1.807, 2.05) is 45.0 Å². The summed E-state index contributed by atoms with van der Waals surface area (Å²) in [4.78, 5) is 39.2. The molecule has 1 saturated heterocycles. The normalized spacial score (nSPS) is 16.4. The van der Waals surface area contributed by atoms with E-state index in [0.717, 1.165) is 11.3 Å². The molecule has 28 heavy (non-hydrogen) atoms. The van der Waals surface area contributed by atoms with Crippen LogP contribution in [0.2, 0.25) is 0 Å². The fourth-order valence-corrected chi connectivity index (χ4v) is 3.29. The highest BCUT2D eigenvalue weighted by Crippen LogP contribution is 2.27. The van der Waals surface area contributed by atoms with Crippen LogP contribution in [0.1, 0.15) is 36.2 Å². The molecule has 1 atom stereocenters. The van der Waals surface area contributed by atoms with Crippen LogP contribution in [0.3, 0.4) is 0 Å². The molecule has 0 aromatic heterocycles. The van der Waals surface area contributed by atoms with E-state index in [4.69, 9.17) is 0 Å². The number of carbonyl (C=O) groups excluding carboxylic acids is 3. The summed E-state index contributed by atoms with van der Waals surface area (Å²) in [5.74, 6) is -1.03. The molecule has 1 aliphatic rings. The lowest BCUT2D eigenvalue weighted by Gasteiger charge is -2.18. The van der Waals surface area contributed by atoms with E-state index in [9.17, 15) is 14.4 Å². The van der Waals surface area contributed by atoms with Crippen LogP contribution < -0.4 is 15.5 Å². The van der Waals surface area contributed by atoms with Gasteiger partial charge in [0.25, 0.3) is 5.91 Å². The number of para-hydroxylation sites is 1. The fourth-order valence-electron chi connectivity index (χ4n) is 3.29. The highest BCUT2D eigenvalue weighted by atomic mass is 16.2. The highest BCUT2D eigenvalue weighted by molar-refractivity contribution is 6.07. The summed E-state index contributed by atoms with van der Waals surface area (Å²) in [6.07, 6.45) is 0.153. The van der Waals surface area contributed by atoms with Crippen molar-refractivity contribution in [3.05, 3.63) is 59.7 Å². The first-order valence-electron chi connectivity index (χ1n) is 9.43. The Balaban J connectivity index is 1.73. The number of benzene rings is 2. The average molecular weight is 379 g/mol. The van der Waals surface area contributed by atoms with Crippen molar-refractivity contribution < 1.29 is 14.4 Å². The maximum atomic E-state index is 12.8. The molecule has 0 unspecified atom stereocenters. The van der Waals surface area contributed by atoms with Crippen LogP contribution in [0.5, 0.6) is 0 Å². The van der Waals surface area contributed by atoms with Crippen LogP contribution in [0.15, 0.2) is 48.5 Å². The molecule has 146 valence electrons. The molecule has 1 heterocycles. The first-order chi connectivity index (χ1) is 13.3. The van der Waals surface area contributed by atoms with Gasteiger partial charge in [-0.3, -0.25) is 14.4 Å². The molecule has 2 N–H and O–H groups in total. The molecular formula is C22H25N3O3. The largest absolute Gasteiger partial charge is 0.350 e. The number of carbonyl (C=O) groups is 3. The van der Waals surface area contributed by atoms with Gasteiger partial charge in [-0.25, -0.2) is 0 Å². The van der Waals surface area contributed by atoms with Crippen LogP contribution in [0.4, 0.5) is 11.4 Å². The fraction of sp³-hybridized carbons (Fsp3) is 0.318. The molecule has 6 heteroatoms. The summed E-state index contributed by atoms with van der Waals surface area (Å²) < 4.78 is 0. The molecule has 3 amide bonds. The van der Waals surface area contributed by atoms with E-state index in [1.165, 1.54) is 0 Å². The van der Waals surface area contributed by atoms with Crippen molar-refractivity contribution in [1.29, 1.82) is 0 Å². The van der Waals surface area contributed by atoms with Crippen LogP contribution >= 0.6 is 0 Å². The third-order valence-corrected chi connectivity index (χ3v) is 4.66. The summed E-state index contributed by atoms with van der Waals surface area (Å²) in [6.45, 7) is 6.05. The molecule has 2 aromatic rings. The minimum atomic E-state index is -0.464. The lowest BCUT2D eigenvalue weighted by Crippen LogP contribution is -2.32. The molecule has 0 radical (unpaired) electrons. The van der Waals surface area contributed by atoms with Gasteiger partial charge in [0, 0.05) is 24.7 Å². The predicted molar refractivity (Wildman–Crippen MR) is 109 cm³/mol. The van der Waals surface area contributed by atoms with Gasteiger partial charge >= 0.3 is 0 Å². The second kappa shape index (κ2) is 8.25. The van der Waals surface area contributed by atoms with Gasteiger partial charge in [-0.15, -0.1) is 0 Å². The maximum Gasteiger partial charge on any atom is 0.253 e. The summed E-state index contributed by atoms with van der Waals surface area (Å²) in [5.41, 5.74) is 2.72. The average Bonchev–Trinajstić information content (AvgIpc) is 3.03. The zero-order valence-electron chi connectivity index (χ0n) is 16.4. The van der Waals surface area contributed by atoms with Gasteiger partial charge in [-0.1, -0.05) is 24.3 Å². The first kappa shape index (κ1) is 19.6. The van der Waals surface area contributed by atoms with Crippen molar-refractivity contribution >= 4 is 29.1 Å².